The fraction of sp³-hybridized carbons (Fsp3) is 0.455. The minimum atomic E-state index is -0.904. The Kier molecular flexibility index (Phi) is 2.79. The molecule has 7 heteroatoms. The molecule has 0 N–H and O–H groups in total. The number of ether oxygens (including phenoxy) is 1. The topological polar surface area (TPSA) is 90.7 Å². The summed E-state index contributed by atoms with van der Waals surface area (Å²) in [6, 6.07) is 0.565. The van der Waals surface area contributed by atoms with E-state index in [1.807, 2.05) is 6.07 Å². The van der Waals surface area contributed by atoms with Crippen LogP contribution in [0.15, 0.2) is 11.8 Å². The molecule has 2 aliphatic heterocycles. The number of rotatable bonds is 0. The summed E-state index contributed by atoms with van der Waals surface area (Å²) in [5.74, 6) is -0.908. The van der Waals surface area contributed by atoms with Crippen LogP contribution in [0.4, 0.5) is 4.79 Å². The van der Waals surface area contributed by atoms with Crippen LogP contribution in [0, 0.1) is 11.3 Å². The number of fused-ring (bicyclic) bond motifs is 1. The molecule has 0 saturated carbocycles. The number of carbonyl (C=O) groups is 3. The van der Waals surface area contributed by atoms with Gasteiger partial charge in [0.05, 0.1) is 0 Å². The Morgan fingerprint density at radius 1 is 1.39 bits per heavy atom. The maximum atomic E-state index is 12.0. The Morgan fingerprint density at radius 2 is 2.00 bits per heavy atom. The molecule has 0 spiro atoms. The Balaban J connectivity index is 2.40. The highest BCUT2D eigenvalue weighted by Crippen LogP contribution is 2.31. The van der Waals surface area contributed by atoms with Gasteiger partial charge in [0.15, 0.2) is 5.76 Å². The molecule has 2 heterocycles. The van der Waals surface area contributed by atoms with Crippen molar-refractivity contribution < 1.29 is 19.1 Å². The molecule has 0 bridgehead atoms. The van der Waals surface area contributed by atoms with Crippen LogP contribution < -0.4 is 0 Å². The Hall–Kier alpha value is -2.36. The van der Waals surface area contributed by atoms with Gasteiger partial charge in [-0.3, -0.25) is 14.5 Å². The van der Waals surface area contributed by atoms with E-state index in [1.54, 1.807) is 0 Å². The average Bonchev–Trinajstić information content (AvgIpc) is 2.59. The van der Waals surface area contributed by atoms with E-state index in [0.717, 1.165) is 9.80 Å². The van der Waals surface area contributed by atoms with E-state index >= 15 is 0 Å². The zero-order valence-corrected chi connectivity index (χ0v) is 9.91. The lowest BCUT2D eigenvalue weighted by molar-refractivity contribution is -0.134. The van der Waals surface area contributed by atoms with E-state index in [9.17, 15) is 14.4 Å². The summed E-state index contributed by atoms with van der Waals surface area (Å²) >= 11 is 0. The number of amides is 4. The molecular formula is C11H11N3O4. The molecule has 0 aromatic heterocycles. The molecule has 0 aromatic carbocycles. The summed E-state index contributed by atoms with van der Waals surface area (Å²) in [6.07, 6.45) is 0.912. The van der Waals surface area contributed by atoms with E-state index in [2.05, 4.69) is 0 Å². The van der Waals surface area contributed by atoms with Crippen molar-refractivity contribution in [2.24, 2.45) is 0 Å². The maximum Gasteiger partial charge on any atom is 0.336 e. The number of allylic oxidation sites excluding steroid dienone is 1. The molecule has 2 aliphatic rings. The van der Waals surface area contributed by atoms with E-state index in [4.69, 9.17) is 10.00 Å². The number of urea groups is 1. The lowest BCUT2D eigenvalue weighted by atomic mass is 10.1. The number of hydrogen-bond acceptors (Lipinski definition) is 5. The Bertz CT molecular complexity index is 505. The zero-order chi connectivity index (χ0) is 13.4. The van der Waals surface area contributed by atoms with Crippen molar-refractivity contribution in [1.82, 2.24) is 9.80 Å². The first-order chi connectivity index (χ1) is 8.47. The Labute approximate surface area is 103 Å². The van der Waals surface area contributed by atoms with Crippen molar-refractivity contribution in [2.45, 2.75) is 32.5 Å². The molecule has 7 nitrogen and oxygen atoms in total. The van der Waals surface area contributed by atoms with Crippen LogP contribution >= 0.6 is 0 Å². The van der Waals surface area contributed by atoms with Crippen LogP contribution in [0.25, 0.3) is 0 Å². The van der Waals surface area contributed by atoms with E-state index in [0.29, 0.717) is 6.42 Å². The molecule has 0 aliphatic carbocycles. The molecule has 1 fully saturated rings. The fourth-order valence-corrected chi connectivity index (χ4v) is 2.18. The van der Waals surface area contributed by atoms with Crippen molar-refractivity contribution >= 4 is 17.8 Å². The summed E-state index contributed by atoms with van der Waals surface area (Å²) in [7, 11) is 0. The monoisotopic (exact) mass is 249 g/mol. The van der Waals surface area contributed by atoms with Crippen molar-refractivity contribution in [2.75, 3.05) is 0 Å². The standard InChI is InChI=1S/C11H11N3O4/c1-6(15)13-9-4-3-8(5-12)18-10(9)14(7(2)16)11(13)17/h3,9-10H,4H2,1-2H3. The molecule has 2 rings (SSSR count). The fourth-order valence-electron chi connectivity index (χ4n) is 2.18. The quantitative estimate of drug-likeness (QED) is 0.617. The van der Waals surface area contributed by atoms with Gasteiger partial charge in [-0.15, -0.1) is 0 Å². The molecular weight excluding hydrogens is 238 g/mol. The van der Waals surface area contributed by atoms with Crippen molar-refractivity contribution in [3.05, 3.63) is 11.8 Å². The molecule has 2 atom stereocenters. The van der Waals surface area contributed by atoms with Gasteiger partial charge in [0.2, 0.25) is 18.0 Å². The van der Waals surface area contributed by atoms with Gasteiger partial charge in [0.1, 0.15) is 12.1 Å². The molecule has 18 heavy (non-hydrogen) atoms. The van der Waals surface area contributed by atoms with E-state index in [1.165, 1.54) is 19.9 Å². The van der Waals surface area contributed by atoms with Crippen molar-refractivity contribution in [1.29, 1.82) is 5.26 Å². The third-order valence-corrected chi connectivity index (χ3v) is 2.91. The second-order valence-corrected chi connectivity index (χ2v) is 4.05. The van der Waals surface area contributed by atoms with Gasteiger partial charge in [-0.25, -0.2) is 9.69 Å². The van der Waals surface area contributed by atoms with Crippen molar-refractivity contribution in [3.63, 3.8) is 0 Å². The van der Waals surface area contributed by atoms with Crippen LogP contribution in [0.3, 0.4) is 0 Å². The lowest BCUT2D eigenvalue weighted by Crippen LogP contribution is -2.43. The van der Waals surface area contributed by atoms with Gasteiger partial charge in [-0.05, 0) is 12.5 Å². The van der Waals surface area contributed by atoms with Gasteiger partial charge < -0.3 is 4.74 Å². The van der Waals surface area contributed by atoms with Gasteiger partial charge in [0, 0.05) is 13.8 Å². The highest BCUT2D eigenvalue weighted by Gasteiger charge is 2.52. The maximum absolute atomic E-state index is 12.0. The van der Waals surface area contributed by atoms with E-state index in [-0.39, 0.29) is 5.76 Å². The van der Waals surface area contributed by atoms with Gasteiger partial charge in [-0.1, -0.05) is 0 Å². The first-order valence-corrected chi connectivity index (χ1v) is 5.38. The predicted octanol–water partition coefficient (Wildman–Crippen LogP) is 0.339. The van der Waals surface area contributed by atoms with Gasteiger partial charge >= 0.3 is 6.03 Å². The highest BCUT2D eigenvalue weighted by molar-refractivity contribution is 6.03. The lowest BCUT2D eigenvalue weighted by Gasteiger charge is -2.28. The summed E-state index contributed by atoms with van der Waals surface area (Å²) in [5, 5.41) is 8.76. The third kappa shape index (κ3) is 1.62. The molecule has 2 unspecified atom stereocenters. The predicted molar refractivity (Wildman–Crippen MR) is 57.4 cm³/mol. The molecule has 1 saturated heterocycles. The van der Waals surface area contributed by atoms with Gasteiger partial charge in [-0.2, -0.15) is 5.26 Å². The normalized spacial score (nSPS) is 26.1. The smallest absolute Gasteiger partial charge is 0.336 e. The summed E-state index contributed by atoms with van der Waals surface area (Å²) < 4.78 is 5.27. The average molecular weight is 249 g/mol. The van der Waals surface area contributed by atoms with Crippen LogP contribution in [-0.4, -0.2) is 39.9 Å². The Morgan fingerprint density at radius 3 is 2.50 bits per heavy atom. The number of nitriles is 1. The largest absolute Gasteiger partial charge is 0.458 e. The van der Waals surface area contributed by atoms with Crippen LogP contribution in [-0.2, 0) is 14.3 Å². The highest BCUT2D eigenvalue weighted by atomic mass is 16.5. The number of nitrogens with zero attached hydrogens (tertiary/aromatic N) is 3. The first-order valence-electron chi connectivity index (χ1n) is 5.38. The number of hydrogen-bond donors (Lipinski definition) is 0. The second-order valence-electron chi connectivity index (χ2n) is 4.05. The zero-order valence-electron chi connectivity index (χ0n) is 9.91. The van der Waals surface area contributed by atoms with Crippen LogP contribution in [0.5, 0.6) is 0 Å². The minimum absolute atomic E-state index is 0.0562. The molecule has 4 amide bonds. The van der Waals surface area contributed by atoms with E-state index < -0.39 is 30.1 Å². The number of carbonyl (C=O) groups excluding carboxylic acids is 3. The molecule has 0 aromatic rings. The van der Waals surface area contributed by atoms with Crippen LogP contribution in [0.1, 0.15) is 20.3 Å². The SMILES string of the molecule is CC(=O)N1C(=O)N(C(C)=O)C2OC(C#N)=CCC21. The summed E-state index contributed by atoms with van der Waals surface area (Å²) in [5.41, 5.74) is 0. The van der Waals surface area contributed by atoms with Gasteiger partial charge in [0.25, 0.3) is 0 Å². The third-order valence-electron chi connectivity index (χ3n) is 2.91. The molecule has 94 valence electrons. The number of imide groups is 2. The van der Waals surface area contributed by atoms with Crippen molar-refractivity contribution in [3.8, 4) is 6.07 Å². The molecule has 0 radical (unpaired) electrons. The summed E-state index contributed by atoms with van der Waals surface area (Å²) in [6.45, 7) is 2.47. The minimum Gasteiger partial charge on any atom is -0.458 e. The second kappa shape index (κ2) is 4.14. The summed E-state index contributed by atoms with van der Waals surface area (Å²) in [4.78, 5) is 36.8. The first kappa shape index (κ1) is 12.1. The van der Waals surface area contributed by atoms with Crippen LogP contribution in [0.2, 0.25) is 0 Å².